The zero-order valence-electron chi connectivity index (χ0n) is 18.7. The molecule has 3 heteroatoms. The summed E-state index contributed by atoms with van der Waals surface area (Å²) in [7, 11) is -3.05. The Morgan fingerprint density at radius 1 is 0.667 bits per heavy atom. The van der Waals surface area contributed by atoms with Crippen LogP contribution in [0.4, 0.5) is 0 Å². The van der Waals surface area contributed by atoms with Crippen molar-refractivity contribution >= 4 is 33.8 Å². The van der Waals surface area contributed by atoms with Crippen molar-refractivity contribution < 1.29 is 4.57 Å². The minimum Gasteiger partial charge on any atom is -0.309 e. The minimum atomic E-state index is -3.05. The van der Waals surface area contributed by atoms with Crippen LogP contribution in [0.25, 0.3) is 22.0 Å². The van der Waals surface area contributed by atoms with Crippen LogP contribution in [-0.4, -0.2) is 4.98 Å². The van der Waals surface area contributed by atoms with Crippen molar-refractivity contribution in [3.8, 4) is 11.3 Å². The third-order valence-electron chi connectivity index (χ3n) is 6.97. The molecule has 2 nitrogen and oxygen atoms in total. The summed E-state index contributed by atoms with van der Waals surface area (Å²) in [4.78, 5) is 4.74. The molecule has 0 saturated heterocycles. The van der Waals surface area contributed by atoms with Crippen LogP contribution >= 0.6 is 7.14 Å². The molecule has 1 atom stereocenters. The molecule has 0 radical (unpaired) electrons. The maximum absolute atomic E-state index is 15.1. The molecule has 0 amide bonds. The largest absolute Gasteiger partial charge is 0.309 e. The first-order chi connectivity index (χ1) is 16.0. The van der Waals surface area contributed by atoms with Gasteiger partial charge in [0.05, 0.1) is 5.69 Å². The normalized spacial score (nSPS) is 18.5. The fourth-order valence-electron chi connectivity index (χ4n) is 5.19. The summed E-state index contributed by atoms with van der Waals surface area (Å²) in [6, 6.07) is 34.9. The Kier molecular flexibility index (Phi) is 4.44. The standard InChI is InChI=1S/C30H24NOP/c1-30(2)25-14-8-9-15-28(25)33(32,24-12-4-3-5-13-24)29-19-22(16-17-26(29)30)27-18-21-10-6-7-11-23(21)20-31-27/h3-20H,1-2H3. The van der Waals surface area contributed by atoms with Gasteiger partial charge in [-0.2, -0.15) is 0 Å². The van der Waals surface area contributed by atoms with Gasteiger partial charge in [-0.25, -0.2) is 0 Å². The second kappa shape index (κ2) is 7.27. The van der Waals surface area contributed by atoms with Gasteiger partial charge < -0.3 is 4.57 Å². The van der Waals surface area contributed by atoms with Crippen LogP contribution in [0.2, 0.25) is 0 Å². The Labute approximate surface area is 194 Å². The van der Waals surface area contributed by atoms with E-state index in [4.69, 9.17) is 4.98 Å². The lowest BCUT2D eigenvalue weighted by Crippen LogP contribution is -2.42. The number of pyridine rings is 1. The Morgan fingerprint density at radius 2 is 1.33 bits per heavy atom. The number of benzene rings is 4. The fourth-order valence-corrected chi connectivity index (χ4v) is 8.60. The molecule has 0 aliphatic carbocycles. The van der Waals surface area contributed by atoms with E-state index in [2.05, 4.69) is 62.4 Å². The van der Waals surface area contributed by atoms with Gasteiger partial charge in [-0.15, -0.1) is 0 Å². The number of fused-ring (bicyclic) bond motifs is 3. The Morgan fingerprint density at radius 3 is 2.15 bits per heavy atom. The summed E-state index contributed by atoms with van der Waals surface area (Å²) in [5, 5.41) is 5.00. The zero-order valence-corrected chi connectivity index (χ0v) is 19.6. The quantitative estimate of drug-likeness (QED) is 0.304. The van der Waals surface area contributed by atoms with Crippen molar-refractivity contribution in [3.63, 3.8) is 0 Å². The number of hydrogen-bond donors (Lipinski definition) is 0. The lowest BCUT2D eigenvalue weighted by molar-refractivity contribution is 0.586. The summed E-state index contributed by atoms with van der Waals surface area (Å²) in [5.41, 5.74) is 3.90. The van der Waals surface area contributed by atoms with Crippen molar-refractivity contribution in [1.29, 1.82) is 0 Å². The van der Waals surface area contributed by atoms with Gasteiger partial charge in [-0.05, 0) is 28.6 Å². The summed E-state index contributed by atoms with van der Waals surface area (Å²) < 4.78 is 15.1. The van der Waals surface area contributed by atoms with Crippen molar-refractivity contribution in [2.45, 2.75) is 19.3 Å². The first-order valence-corrected chi connectivity index (χ1v) is 13.0. The van der Waals surface area contributed by atoms with Gasteiger partial charge in [0.15, 0.2) is 7.14 Å². The monoisotopic (exact) mass is 445 g/mol. The second-order valence-electron chi connectivity index (χ2n) is 9.24. The van der Waals surface area contributed by atoms with Crippen molar-refractivity contribution in [3.05, 3.63) is 120 Å². The highest BCUT2D eigenvalue weighted by Crippen LogP contribution is 2.52. The van der Waals surface area contributed by atoms with Crippen LogP contribution in [0.3, 0.4) is 0 Å². The van der Waals surface area contributed by atoms with Crippen LogP contribution in [0, 0.1) is 0 Å². The van der Waals surface area contributed by atoms with E-state index in [-0.39, 0.29) is 5.41 Å². The van der Waals surface area contributed by atoms with Gasteiger partial charge in [0.1, 0.15) is 0 Å². The average Bonchev–Trinajstić information content (AvgIpc) is 2.87. The SMILES string of the molecule is CC1(C)c2ccccc2P(=O)(c2ccccc2)c2cc(-c3cc4ccccc4cn3)ccc21. The lowest BCUT2D eigenvalue weighted by Gasteiger charge is -2.39. The molecule has 0 bridgehead atoms. The maximum Gasteiger partial charge on any atom is 0.171 e. The van der Waals surface area contributed by atoms with E-state index in [9.17, 15) is 0 Å². The Balaban J connectivity index is 1.65. The molecule has 160 valence electrons. The first kappa shape index (κ1) is 20.1. The van der Waals surface area contributed by atoms with Gasteiger partial charge >= 0.3 is 0 Å². The van der Waals surface area contributed by atoms with E-state index in [1.54, 1.807) is 0 Å². The molecule has 1 aromatic heterocycles. The van der Waals surface area contributed by atoms with Crippen LogP contribution in [0.5, 0.6) is 0 Å². The van der Waals surface area contributed by atoms with Gasteiger partial charge in [0.2, 0.25) is 0 Å². The molecule has 4 aromatic carbocycles. The van der Waals surface area contributed by atoms with Gasteiger partial charge in [0, 0.05) is 38.5 Å². The van der Waals surface area contributed by atoms with Crippen LogP contribution in [0.1, 0.15) is 25.0 Å². The molecule has 0 fully saturated rings. The highest BCUT2D eigenvalue weighted by atomic mass is 31.2. The van der Waals surface area contributed by atoms with E-state index in [0.29, 0.717) is 0 Å². The maximum atomic E-state index is 15.1. The lowest BCUT2D eigenvalue weighted by atomic mass is 9.77. The second-order valence-corrected chi connectivity index (χ2v) is 11.9. The third-order valence-corrected chi connectivity index (χ3v) is 10.1. The third kappa shape index (κ3) is 2.95. The van der Waals surface area contributed by atoms with E-state index < -0.39 is 7.14 Å². The average molecular weight is 446 g/mol. The molecular weight excluding hydrogens is 421 g/mol. The first-order valence-electron chi connectivity index (χ1n) is 11.3. The summed E-state index contributed by atoms with van der Waals surface area (Å²) >= 11 is 0. The van der Waals surface area contributed by atoms with Crippen LogP contribution in [-0.2, 0) is 9.98 Å². The van der Waals surface area contributed by atoms with Crippen molar-refractivity contribution in [2.24, 2.45) is 0 Å². The van der Waals surface area contributed by atoms with E-state index in [1.165, 1.54) is 0 Å². The molecule has 0 N–H and O–H groups in total. The van der Waals surface area contributed by atoms with Crippen molar-refractivity contribution in [1.82, 2.24) is 4.98 Å². The zero-order chi connectivity index (χ0) is 22.6. The fraction of sp³-hybridized carbons (Fsp3) is 0.100. The highest BCUT2D eigenvalue weighted by molar-refractivity contribution is 7.85. The van der Waals surface area contributed by atoms with Gasteiger partial charge in [-0.1, -0.05) is 105 Å². The van der Waals surface area contributed by atoms with Crippen molar-refractivity contribution in [2.75, 3.05) is 0 Å². The van der Waals surface area contributed by atoms with Gasteiger partial charge in [0.25, 0.3) is 0 Å². The van der Waals surface area contributed by atoms with Gasteiger partial charge in [-0.3, -0.25) is 4.98 Å². The van der Waals surface area contributed by atoms with E-state index >= 15 is 4.57 Å². The topological polar surface area (TPSA) is 30.0 Å². The molecule has 1 aliphatic heterocycles. The van der Waals surface area contributed by atoms with E-state index in [0.717, 1.165) is 49.1 Å². The molecule has 0 spiro atoms. The number of nitrogens with zero attached hydrogens (tertiary/aromatic N) is 1. The summed E-state index contributed by atoms with van der Waals surface area (Å²) in [6.07, 6.45) is 1.92. The molecule has 5 aromatic rings. The van der Waals surface area contributed by atoms with Crippen LogP contribution < -0.4 is 15.9 Å². The molecule has 6 rings (SSSR count). The molecule has 33 heavy (non-hydrogen) atoms. The smallest absolute Gasteiger partial charge is 0.171 e. The molecule has 1 aliphatic rings. The molecule has 2 heterocycles. The number of hydrogen-bond acceptors (Lipinski definition) is 2. The predicted molar refractivity (Wildman–Crippen MR) is 139 cm³/mol. The highest BCUT2D eigenvalue weighted by Gasteiger charge is 2.44. The summed E-state index contributed by atoms with van der Waals surface area (Å²) in [6.45, 7) is 4.46. The molecule has 1 unspecified atom stereocenters. The number of aromatic nitrogens is 1. The number of rotatable bonds is 2. The predicted octanol–water partition coefficient (Wildman–Crippen LogP) is 6.18. The van der Waals surface area contributed by atoms with Crippen LogP contribution in [0.15, 0.2) is 109 Å². The molecular formula is C30H24NOP. The Bertz CT molecular complexity index is 1570. The Hall–Kier alpha value is -3.48. The minimum absolute atomic E-state index is 0.246. The molecule has 0 saturated carbocycles. The van der Waals surface area contributed by atoms with E-state index in [1.807, 2.05) is 60.8 Å². The summed E-state index contributed by atoms with van der Waals surface area (Å²) in [5.74, 6) is 0.